The first-order valence-corrected chi connectivity index (χ1v) is 6.45. The van der Waals surface area contributed by atoms with E-state index in [0.717, 1.165) is 12.1 Å². The van der Waals surface area contributed by atoms with E-state index >= 15 is 0 Å². The Kier molecular flexibility index (Phi) is 4.26. The summed E-state index contributed by atoms with van der Waals surface area (Å²) in [5, 5.41) is -0.0978. The van der Waals surface area contributed by atoms with E-state index in [1.807, 2.05) is 6.92 Å². The van der Waals surface area contributed by atoms with Gasteiger partial charge in [0.1, 0.15) is 18.0 Å². The fraction of sp³-hybridized carbons (Fsp3) is 0.538. The van der Waals surface area contributed by atoms with Crippen molar-refractivity contribution in [3.05, 3.63) is 29.8 Å². The molecule has 0 aliphatic heterocycles. The average Bonchev–Trinajstić information content (AvgIpc) is 2.35. The number of halogens is 4. The van der Waals surface area contributed by atoms with Gasteiger partial charge < -0.3 is 9.47 Å². The maximum absolute atomic E-state index is 12.4. The van der Waals surface area contributed by atoms with E-state index in [9.17, 15) is 13.2 Å². The Bertz CT molecular complexity index is 419. The van der Waals surface area contributed by atoms with Gasteiger partial charge in [-0.3, -0.25) is 0 Å². The molecule has 1 aromatic rings. The fourth-order valence-electron chi connectivity index (χ4n) is 1.94. The van der Waals surface area contributed by atoms with E-state index in [4.69, 9.17) is 21.1 Å². The first-order valence-electron chi connectivity index (χ1n) is 6.01. The van der Waals surface area contributed by atoms with Gasteiger partial charge in [-0.25, -0.2) is 0 Å². The number of rotatable bonds is 4. The van der Waals surface area contributed by atoms with Gasteiger partial charge in [0.05, 0.1) is 10.9 Å². The molecule has 0 amide bonds. The number of hydrogen-bond donors (Lipinski definition) is 0. The van der Waals surface area contributed by atoms with Gasteiger partial charge in [-0.05, 0) is 31.2 Å². The van der Waals surface area contributed by atoms with Crippen LogP contribution < -0.4 is 4.74 Å². The maximum atomic E-state index is 12.4. The Balaban J connectivity index is 1.97. The normalized spacial score (nSPS) is 26.9. The van der Waals surface area contributed by atoms with Gasteiger partial charge in [0.15, 0.2) is 0 Å². The summed E-state index contributed by atoms with van der Waals surface area (Å²) < 4.78 is 48.2. The molecule has 0 radical (unpaired) electrons. The first-order chi connectivity index (χ1) is 8.91. The number of alkyl halides is 4. The van der Waals surface area contributed by atoms with Crippen LogP contribution in [0.25, 0.3) is 0 Å². The minimum atomic E-state index is -4.33. The predicted molar refractivity (Wildman–Crippen MR) is 65.5 cm³/mol. The highest BCUT2D eigenvalue weighted by atomic mass is 35.5. The molecule has 2 rings (SSSR count). The van der Waals surface area contributed by atoms with Gasteiger partial charge in [-0.2, -0.15) is 13.2 Å². The third-order valence-corrected chi connectivity index (χ3v) is 3.44. The molecule has 3 atom stereocenters. The Morgan fingerprint density at radius 2 is 1.89 bits per heavy atom. The third-order valence-electron chi connectivity index (χ3n) is 3.01. The van der Waals surface area contributed by atoms with E-state index < -0.39 is 11.7 Å². The third kappa shape index (κ3) is 3.34. The SMILES string of the molecule is CCOC1C(Cl)CC1Oc1ccc(C(F)(F)F)cc1. The summed E-state index contributed by atoms with van der Waals surface area (Å²) in [6.07, 6.45) is -4.09. The molecule has 2 nitrogen and oxygen atoms in total. The van der Waals surface area contributed by atoms with Crippen LogP contribution in [0.5, 0.6) is 5.75 Å². The Hall–Kier alpha value is -0.940. The molecule has 0 saturated heterocycles. The van der Waals surface area contributed by atoms with E-state index in [-0.39, 0.29) is 17.6 Å². The zero-order valence-electron chi connectivity index (χ0n) is 10.3. The fourth-order valence-corrected chi connectivity index (χ4v) is 2.35. The lowest BCUT2D eigenvalue weighted by atomic mass is 9.91. The molecule has 0 N–H and O–H groups in total. The highest BCUT2D eigenvalue weighted by Crippen LogP contribution is 2.34. The van der Waals surface area contributed by atoms with Crippen LogP contribution in [0.2, 0.25) is 0 Å². The second-order valence-electron chi connectivity index (χ2n) is 4.35. The van der Waals surface area contributed by atoms with Gasteiger partial charge in [0.25, 0.3) is 0 Å². The van der Waals surface area contributed by atoms with E-state index in [2.05, 4.69) is 0 Å². The van der Waals surface area contributed by atoms with Crippen LogP contribution in [0.1, 0.15) is 18.9 Å². The molecule has 0 aromatic heterocycles. The van der Waals surface area contributed by atoms with Crippen molar-refractivity contribution in [1.29, 1.82) is 0 Å². The van der Waals surface area contributed by atoms with Gasteiger partial charge in [-0.15, -0.1) is 11.6 Å². The Labute approximate surface area is 114 Å². The zero-order valence-corrected chi connectivity index (χ0v) is 11.0. The Morgan fingerprint density at radius 3 is 2.37 bits per heavy atom. The molecule has 3 unspecified atom stereocenters. The molecule has 6 heteroatoms. The van der Waals surface area contributed by atoms with Crippen LogP contribution in [-0.2, 0) is 10.9 Å². The molecular formula is C13H14ClF3O2. The number of benzene rings is 1. The molecule has 1 aliphatic rings. The van der Waals surface area contributed by atoms with Crippen LogP contribution in [-0.4, -0.2) is 24.2 Å². The highest BCUT2D eigenvalue weighted by molar-refractivity contribution is 6.21. The topological polar surface area (TPSA) is 18.5 Å². The largest absolute Gasteiger partial charge is 0.488 e. The molecule has 106 valence electrons. The van der Waals surface area contributed by atoms with Crippen LogP contribution in [0.3, 0.4) is 0 Å². The van der Waals surface area contributed by atoms with Gasteiger partial charge in [-0.1, -0.05) is 0 Å². The summed E-state index contributed by atoms with van der Waals surface area (Å²) in [4.78, 5) is 0. The molecule has 0 spiro atoms. The van der Waals surface area contributed by atoms with Crippen molar-refractivity contribution in [1.82, 2.24) is 0 Å². The molecule has 1 aromatic carbocycles. The van der Waals surface area contributed by atoms with Crippen molar-refractivity contribution in [2.24, 2.45) is 0 Å². The molecule has 19 heavy (non-hydrogen) atoms. The average molecular weight is 295 g/mol. The van der Waals surface area contributed by atoms with E-state index in [0.29, 0.717) is 18.8 Å². The molecule has 1 fully saturated rings. The number of ether oxygens (including phenoxy) is 2. The molecule has 1 saturated carbocycles. The standard InChI is InChI=1S/C13H14ClF3O2/c1-2-18-12-10(14)7-11(12)19-9-5-3-8(4-6-9)13(15,16)17/h3-6,10-12H,2,7H2,1H3. The van der Waals surface area contributed by atoms with Crippen molar-refractivity contribution in [2.45, 2.75) is 37.1 Å². The zero-order chi connectivity index (χ0) is 14.0. The van der Waals surface area contributed by atoms with Gasteiger partial charge in [0, 0.05) is 13.0 Å². The second kappa shape index (κ2) is 5.59. The Morgan fingerprint density at radius 1 is 1.26 bits per heavy atom. The molecular weight excluding hydrogens is 281 g/mol. The first kappa shape index (κ1) is 14.5. The van der Waals surface area contributed by atoms with Gasteiger partial charge in [0.2, 0.25) is 0 Å². The van der Waals surface area contributed by atoms with Crippen LogP contribution in [0, 0.1) is 0 Å². The minimum Gasteiger partial charge on any atom is -0.488 e. The lowest BCUT2D eigenvalue weighted by Gasteiger charge is -2.40. The lowest BCUT2D eigenvalue weighted by Crippen LogP contribution is -2.52. The van der Waals surface area contributed by atoms with Crippen molar-refractivity contribution < 1.29 is 22.6 Å². The van der Waals surface area contributed by atoms with Crippen molar-refractivity contribution in [2.75, 3.05) is 6.61 Å². The number of hydrogen-bond acceptors (Lipinski definition) is 2. The van der Waals surface area contributed by atoms with Gasteiger partial charge >= 0.3 is 6.18 Å². The minimum absolute atomic E-state index is 0.0978. The predicted octanol–water partition coefficient (Wildman–Crippen LogP) is 3.87. The maximum Gasteiger partial charge on any atom is 0.416 e. The molecule has 0 bridgehead atoms. The summed E-state index contributed by atoms with van der Waals surface area (Å²) in [5.41, 5.74) is -0.690. The van der Waals surface area contributed by atoms with E-state index in [1.165, 1.54) is 12.1 Å². The molecule has 0 heterocycles. The second-order valence-corrected chi connectivity index (χ2v) is 4.91. The highest BCUT2D eigenvalue weighted by Gasteiger charge is 2.42. The summed E-state index contributed by atoms with van der Waals surface area (Å²) in [5.74, 6) is 0.395. The summed E-state index contributed by atoms with van der Waals surface area (Å²) in [6, 6.07) is 4.63. The van der Waals surface area contributed by atoms with Crippen LogP contribution >= 0.6 is 11.6 Å². The van der Waals surface area contributed by atoms with Crippen molar-refractivity contribution in [3.8, 4) is 5.75 Å². The smallest absolute Gasteiger partial charge is 0.416 e. The summed E-state index contributed by atoms with van der Waals surface area (Å²) in [7, 11) is 0. The quantitative estimate of drug-likeness (QED) is 0.785. The lowest BCUT2D eigenvalue weighted by molar-refractivity contribution is -0.137. The van der Waals surface area contributed by atoms with Crippen molar-refractivity contribution >= 4 is 11.6 Å². The van der Waals surface area contributed by atoms with E-state index in [1.54, 1.807) is 0 Å². The van der Waals surface area contributed by atoms with Crippen molar-refractivity contribution in [3.63, 3.8) is 0 Å². The van der Waals surface area contributed by atoms with Crippen LogP contribution in [0.15, 0.2) is 24.3 Å². The summed E-state index contributed by atoms with van der Waals surface area (Å²) in [6.45, 7) is 2.39. The monoisotopic (exact) mass is 294 g/mol. The van der Waals surface area contributed by atoms with Crippen LogP contribution in [0.4, 0.5) is 13.2 Å². The molecule has 1 aliphatic carbocycles. The summed E-state index contributed by atoms with van der Waals surface area (Å²) >= 11 is 5.99.